The van der Waals surface area contributed by atoms with Crippen LogP contribution in [-0.2, 0) is 16.0 Å². The van der Waals surface area contributed by atoms with Gasteiger partial charge in [-0.2, -0.15) is 0 Å². The number of nitrogens with one attached hydrogen (secondary N) is 1. The Morgan fingerprint density at radius 1 is 0.871 bits per heavy atom. The Morgan fingerprint density at radius 3 is 2.45 bits per heavy atom. The number of anilines is 1. The fraction of sp³-hybridized carbons (Fsp3) is 0.125. The lowest BCUT2D eigenvalue weighted by atomic mass is 10.1. The average Bonchev–Trinajstić information content (AvgIpc) is 3.26. The zero-order chi connectivity index (χ0) is 21.6. The van der Waals surface area contributed by atoms with E-state index in [0.717, 1.165) is 5.56 Å². The third-order valence-corrected chi connectivity index (χ3v) is 4.66. The van der Waals surface area contributed by atoms with E-state index in [1.807, 2.05) is 30.3 Å². The van der Waals surface area contributed by atoms with Gasteiger partial charge in [-0.1, -0.05) is 42.5 Å². The molecule has 1 aliphatic rings. The molecule has 1 N–H and O–H groups in total. The number of benzene rings is 3. The van der Waals surface area contributed by atoms with E-state index in [2.05, 4.69) is 5.32 Å². The van der Waals surface area contributed by atoms with Crippen molar-refractivity contribution in [3.63, 3.8) is 0 Å². The summed E-state index contributed by atoms with van der Waals surface area (Å²) in [5, 5.41) is 2.73. The zero-order valence-electron chi connectivity index (χ0n) is 16.5. The summed E-state index contributed by atoms with van der Waals surface area (Å²) in [6, 6.07) is 20.5. The van der Waals surface area contributed by atoms with Gasteiger partial charge in [0.25, 0.3) is 0 Å². The van der Waals surface area contributed by atoms with Gasteiger partial charge in [-0.25, -0.2) is 4.79 Å². The Hall–Kier alpha value is -4.13. The van der Waals surface area contributed by atoms with Crippen molar-refractivity contribution in [2.24, 2.45) is 0 Å². The minimum Gasteiger partial charge on any atom is -0.454 e. The lowest BCUT2D eigenvalue weighted by Crippen LogP contribution is -2.19. The van der Waals surface area contributed by atoms with Gasteiger partial charge >= 0.3 is 5.97 Å². The Morgan fingerprint density at radius 2 is 1.61 bits per heavy atom. The van der Waals surface area contributed by atoms with Crippen LogP contribution in [0.2, 0.25) is 0 Å². The summed E-state index contributed by atoms with van der Waals surface area (Å²) in [7, 11) is 0. The molecule has 156 valence electrons. The summed E-state index contributed by atoms with van der Waals surface area (Å²) in [6.45, 7) is -0.334. The molecule has 7 heteroatoms. The van der Waals surface area contributed by atoms with Gasteiger partial charge in [-0.3, -0.25) is 9.59 Å². The fourth-order valence-electron chi connectivity index (χ4n) is 3.11. The first kappa shape index (κ1) is 20.2. The molecule has 0 radical (unpaired) electrons. The number of hydrogen-bond acceptors (Lipinski definition) is 6. The number of amides is 1. The highest BCUT2D eigenvalue weighted by Crippen LogP contribution is 2.32. The van der Waals surface area contributed by atoms with Crippen molar-refractivity contribution < 1.29 is 28.6 Å². The van der Waals surface area contributed by atoms with E-state index in [4.69, 9.17) is 14.2 Å². The third-order valence-electron chi connectivity index (χ3n) is 4.66. The number of ketones is 1. The predicted molar refractivity (Wildman–Crippen MR) is 112 cm³/mol. The van der Waals surface area contributed by atoms with Gasteiger partial charge < -0.3 is 19.5 Å². The molecule has 4 rings (SSSR count). The largest absolute Gasteiger partial charge is 0.454 e. The second-order valence-corrected chi connectivity index (χ2v) is 6.82. The summed E-state index contributed by atoms with van der Waals surface area (Å²) in [4.78, 5) is 37.3. The van der Waals surface area contributed by atoms with Crippen LogP contribution in [0.1, 0.15) is 26.3 Å². The van der Waals surface area contributed by atoms with Gasteiger partial charge in [0.1, 0.15) is 0 Å². The molecule has 0 unspecified atom stereocenters. The van der Waals surface area contributed by atoms with Crippen molar-refractivity contribution in [2.45, 2.75) is 6.42 Å². The molecule has 1 amide bonds. The van der Waals surface area contributed by atoms with Gasteiger partial charge in [0.2, 0.25) is 12.7 Å². The second kappa shape index (κ2) is 9.13. The van der Waals surface area contributed by atoms with E-state index in [9.17, 15) is 14.4 Å². The molecule has 3 aromatic carbocycles. The monoisotopic (exact) mass is 417 g/mol. The number of carbonyl (C=O) groups excluding carboxylic acids is 3. The molecule has 3 aromatic rings. The fourth-order valence-corrected chi connectivity index (χ4v) is 3.11. The van der Waals surface area contributed by atoms with Crippen LogP contribution >= 0.6 is 0 Å². The Kier molecular flexibility index (Phi) is 5.93. The van der Waals surface area contributed by atoms with E-state index < -0.39 is 12.6 Å². The lowest BCUT2D eigenvalue weighted by Gasteiger charge is -2.11. The quantitative estimate of drug-likeness (QED) is 0.466. The normalized spacial score (nSPS) is 11.6. The summed E-state index contributed by atoms with van der Waals surface area (Å²) in [5.74, 6) is -0.304. The van der Waals surface area contributed by atoms with Crippen LogP contribution in [-0.4, -0.2) is 31.1 Å². The number of Topliss-reactive ketones (excluding diaryl/α,β-unsaturated/α-hetero) is 1. The molecule has 0 aliphatic carbocycles. The van der Waals surface area contributed by atoms with Crippen molar-refractivity contribution in [2.75, 3.05) is 18.7 Å². The molecule has 31 heavy (non-hydrogen) atoms. The molecular weight excluding hydrogens is 398 g/mol. The first-order valence-electron chi connectivity index (χ1n) is 9.63. The van der Waals surface area contributed by atoms with Crippen LogP contribution in [0.15, 0.2) is 72.8 Å². The number of esters is 1. The molecule has 0 fully saturated rings. The number of carbonyl (C=O) groups is 3. The molecule has 1 heterocycles. The molecule has 0 atom stereocenters. The second-order valence-electron chi connectivity index (χ2n) is 6.82. The number of fused-ring (bicyclic) bond motifs is 1. The SMILES string of the molecule is O=C(Cc1ccccc1)Nc1ccccc1C(=O)OCC(=O)c1ccc2c(c1)OCO2. The summed E-state index contributed by atoms with van der Waals surface area (Å²) in [6.07, 6.45) is 0.173. The third kappa shape index (κ3) is 4.90. The number of para-hydroxylation sites is 1. The van der Waals surface area contributed by atoms with Crippen LogP contribution in [0.4, 0.5) is 5.69 Å². The van der Waals surface area contributed by atoms with Gasteiger partial charge in [0, 0.05) is 5.56 Å². The standard InChI is InChI=1S/C24H19NO6/c26-20(17-10-11-21-22(13-17)31-15-30-21)14-29-24(28)18-8-4-5-9-19(18)25-23(27)12-16-6-2-1-3-7-16/h1-11,13H,12,14-15H2,(H,25,27). The minimum absolute atomic E-state index is 0.106. The zero-order valence-corrected chi connectivity index (χ0v) is 16.5. The highest BCUT2D eigenvalue weighted by atomic mass is 16.7. The molecule has 0 aromatic heterocycles. The Labute approximate surface area is 178 Å². The van der Waals surface area contributed by atoms with E-state index in [0.29, 0.717) is 22.7 Å². The van der Waals surface area contributed by atoms with Gasteiger partial charge in [-0.05, 0) is 35.9 Å². The summed E-state index contributed by atoms with van der Waals surface area (Å²) in [5.41, 5.74) is 1.70. The Balaban J connectivity index is 1.38. The topological polar surface area (TPSA) is 90.9 Å². The Bertz CT molecular complexity index is 1130. The van der Waals surface area contributed by atoms with Gasteiger partial charge in [0.05, 0.1) is 17.7 Å². The maximum Gasteiger partial charge on any atom is 0.340 e. The molecule has 0 bridgehead atoms. The predicted octanol–water partition coefficient (Wildman–Crippen LogP) is 3.64. The van der Waals surface area contributed by atoms with Crippen molar-refractivity contribution in [3.8, 4) is 11.5 Å². The van der Waals surface area contributed by atoms with E-state index in [-0.39, 0.29) is 30.5 Å². The molecule has 0 saturated carbocycles. The molecule has 7 nitrogen and oxygen atoms in total. The van der Waals surface area contributed by atoms with Crippen molar-refractivity contribution in [1.82, 2.24) is 0 Å². The lowest BCUT2D eigenvalue weighted by molar-refractivity contribution is -0.115. The maximum absolute atomic E-state index is 12.6. The first-order chi connectivity index (χ1) is 15.1. The highest BCUT2D eigenvalue weighted by Gasteiger charge is 2.19. The highest BCUT2D eigenvalue weighted by molar-refractivity contribution is 6.03. The number of rotatable bonds is 7. The van der Waals surface area contributed by atoms with Gasteiger partial charge in [0.15, 0.2) is 23.9 Å². The van der Waals surface area contributed by atoms with Crippen LogP contribution in [0.3, 0.4) is 0 Å². The molecular formula is C24H19NO6. The minimum atomic E-state index is -0.704. The van der Waals surface area contributed by atoms with E-state index >= 15 is 0 Å². The van der Waals surface area contributed by atoms with Crippen LogP contribution in [0, 0.1) is 0 Å². The van der Waals surface area contributed by atoms with Crippen molar-refractivity contribution in [3.05, 3.63) is 89.5 Å². The maximum atomic E-state index is 12.6. The van der Waals surface area contributed by atoms with Crippen LogP contribution in [0.5, 0.6) is 11.5 Å². The smallest absolute Gasteiger partial charge is 0.340 e. The van der Waals surface area contributed by atoms with Gasteiger partial charge in [-0.15, -0.1) is 0 Å². The van der Waals surface area contributed by atoms with E-state index in [1.165, 1.54) is 6.07 Å². The summed E-state index contributed by atoms with van der Waals surface area (Å²) >= 11 is 0. The number of hydrogen-bond donors (Lipinski definition) is 1. The molecule has 1 aliphatic heterocycles. The van der Waals surface area contributed by atoms with Crippen LogP contribution in [0.25, 0.3) is 0 Å². The summed E-state index contributed by atoms with van der Waals surface area (Å²) < 4.78 is 15.7. The molecule has 0 saturated heterocycles. The van der Waals surface area contributed by atoms with Crippen molar-refractivity contribution >= 4 is 23.3 Å². The van der Waals surface area contributed by atoms with Crippen molar-refractivity contribution in [1.29, 1.82) is 0 Å². The van der Waals surface area contributed by atoms with Crippen LogP contribution < -0.4 is 14.8 Å². The average molecular weight is 417 g/mol. The first-order valence-corrected chi connectivity index (χ1v) is 9.63. The van der Waals surface area contributed by atoms with E-state index in [1.54, 1.807) is 36.4 Å². The molecule has 0 spiro atoms. The number of ether oxygens (including phenoxy) is 3.